The Morgan fingerprint density at radius 2 is 1.94 bits per heavy atom. The van der Waals surface area contributed by atoms with E-state index in [0.29, 0.717) is 40.7 Å². The van der Waals surface area contributed by atoms with Gasteiger partial charge in [0.2, 0.25) is 0 Å². The lowest BCUT2D eigenvalue weighted by molar-refractivity contribution is 0.234. The van der Waals surface area contributed by atoms with E-state index in [2.05, 4.69) is 4.98 Å². The third kappa shape index (κ3) is 4.67. The standard InChI is InChI=1S/C23H20ClN3O4S2/c1-33(29,30)31-19-9-10-26(14-19)21-7-6-18(13-25-21)27-11-8-16-12-20(32-22(16)23(27)28)15-2-4-17(24)5-3-15/h2-8,11-13,19H,9-10,14H2,1H3. The number of pyridine rings is 2. The van der Waals surface area contributed by atoms with Gasteiger partial charge in [-0.2, -0.15) is 8.42 Å². The minimum atomic E-state index is -3.49. The Balaban J connectivity index is 1.40. The molecule has 3 aromatic heterocycles. The molecular weight excluding hydrogens is 482 g/mol. The third-order valence-corrected chi connectivity index (χ3v) is 7.56. The second kappa shape index (κ2) is 8.57. The van der Waals surface area contributed by atoms with Gasteiger partial charge in [-0.1, -0.05) is 23.7 Å². The normalized spacial score (nSPS) is 16.5. The summed E-state index contributed by atoms with van der Waals surface area (Å²) < 4.78 is 30.1. The van der Waals surface area contributed by atoms with Crippen LogP contribution in [0.5, 0.6) is 0 Å². The number of fused-ring (bicyclic) bond motifs is 1. The highest BCUT2D eigenvalue weighted by molar-refractivity contribution is 7.86. The zero-order valence-corrected chi connectivity index (χ0v) is 20.0. The van der Waals surface area contributed by atoms with Crippen molar-refractivity contribution in [3.05, 3.63) is 76.3 Å². The molecule has 1 fully saturated rings. The maximum atomic E-state index is 13.2. The van der Waals surface area contributed by atoms with Crippen LogP contribution in [0.4, 0.5) is 5.82 Å². The Morgan fingerprint density at radius 3 is 2.64 bits per heavy atom. The Bertz CT molecular complexity index is 1480. The van der Waals surface area contributed by atoms with Gasteiger partial charge in [-0.3, -0.25) is 13.5 Å². The Morgan fingerprint density at radius 1 is 1.15 bits per heavy atom. The Kier molecular flexibility index (Phi) is 5.74. The molecule has 33 heavy (non-hydrogen) atoms. The van der Waals surface area contributed by atoms with E-state index >= 15 is 0 Å². The molecule has 0 bridgehead atoms. The quantitative estimate of drug-likeness (QED) is 0.379. The van der Waals surface area contributed by atoms with Crippen molar-refractivity contribution in [3.8, 4) is 16.1 Å². The highest BCUT2D eigenvalue weighted by Crippen LogP contribution is 2.32. The molecule has 4 aromatic rings. The van der Waals surface area contributed by atoms with Crippen LogP contribution in [0.25, 0.3) is 26.2 Å². The van der Waals surface area contributed by atoms with Gasteiger partial charge >= 0.3 is 0 Å². The Labute approximate surface area is 200 Å². The molecule has 0 aliphatic carbocycles. The van der Waals surface area contributed by atoms with Crippen LogP contribution in [0.15, 0.2) is 65.7 Å². The fourth-order valence-electron chi connectivity index (χ4n) is 3.96. The van der Waals surface area contributed by atoms with E-state index in [-0.39, 0.29) is 11.7 Å². The molecule has 10 heteroatoms. The van der Waals surface area contributed by atoms with Gasteiger partial charge in [-0.25, -0.2) is 4.98 Å². The highest BCUT2D eigenvalue weighted by atomic mass is 35.5. The van der Waals surface area contributed by atoms with Crippen LogP contribution in [0.3, 0.4) is 0 Å². The van der Waals surface area contributed by atoms with Crippen molar-refractivity contribution in [3.63, 3.8) is 0 Å². The minimum Gasteiger partial charge on any atom is -0.354 e. The van der Waals surface area contributed by atoms with E-state index in [0.717, 1.165) is 22.1 Å². The van der Waals surface area contributed by atoms with Crippen molar-refractivity contribution in [2.75, 3.05) is 24.2 Å². The molecule has 0 radical (unpaired) electrons. The number of hydrogen-bond acceptors (Lipinski definition) is 7. The first-order valence-corrected chi connectivity index (χ1v) is 13.3. The molecule has 1 aliphatic rings. The van der Waals surface area contributed by atoms with Gasteiger partial charge in [0.05, 0.1) is 24.2 Å². The zero-order valence-electron chi connectivity index (χ0n) is 17.6. The summed E-state index contributed by atoms with van der Waals surface area (Å²) in [6, 6.07) is 15.2. The van der Waals surface area contributed by atoms with Crippen LogP contribution in [0.2, 0.25) is 5.02 Å². The van der Waals surface area contributed by atoms with E-state index in [1.165, 1.54) is 11.3 Å². The first-order valence-electron chi connectivity index (χ1n) is 10.3. The molecule has 1 unspecified atom stereocenters. The Hall–Kier alpha value is -2.72. The summed E-state index contributed by atoms with van der Waals surface area (Å²) in [5.74, 6) is 0.716. The van der Waals surface area contributed by atoms with Crippen molar-refractivity contribution in [1.29, 1.82) is 0 Å². The topological polar surface area (TPSA) is 81.5 Å². The number of aromatic nitrogens is 2. The molecule has 0 spiro atoms. The molecule has 1 aromatic carbocycles. The molecule has 1 aliphatic heterocycles. The second-order valence-corrected chi connectivity index (χ2v) is 11.0. The summed E-state index contributed by atoms with van der Waals surface area (Å²) in [7, 11) is -3.49. The van der Waals surface area contributed by atoms with Crippen LogP contribution in [-0.4, -0.2) is 43.4 Å². The first kappa shape index (κ1) is 22.1. The summed E-state index contributed by atoms with van der Waals surface area (Å²) in [5.41, 5.74) is 1.58. The largest absolute Gasteiger partial charge is 0.354 e. The van der Waals surface area contributed by atoms with Crippen molar-refractivity contribution >= 4 is 49.0 Å². The number of benzene rings is 1. The summed E-state index contributed by atoms with van der Waals surface area (Å²) in [6.45, 7) is 1.11. The summed E-state index contributed by atoms with van der Waals surface area (Å²) >= 11 is 7.44. The molecular formula is C23H20ClN3O4S2. The van der Waals surface area contributed by atoms with Crippen LogP contribution in [0.1, 0.15) is 6.42 Å². The lowest BCUT2D eigenvalue weighted by Gasteiger charge is -2.17. The lowest BCUT2D eigenvalue weighted by Crippen LogP contribution is -2.25. The molecule has 170 valence electrons. The van der Waals surface area contributed by atoms with Crippen LogP contribution >= 0.6 is 22.9 Å². The monoisotopic (exact) mass is 501 g/mol. The van der Waals surface area contributed by atoms with Gasteiger partial charge in [0.25, 0.3) is 15.7 Å². The number of halogens is 1. The van der Waals surface area contributed by atoms with Gasteiger partial charge in [-0.05, 0) is 48.4 Å². The van der Waals surface area contributed by atoms with Gasteiger partial charge in [0, 0.05) is 34.6 Å². The van der Waals surface area contributed by atoms with Crippen molar-refractivity contribution in [1.82, 2.24) is 9.55 Å². The maximum Gasteiger partial charge on any atom is 0.273 e. The fourth-order valence-corrected chi connectivity index (χ4v) is 5.83. The molecule has 7 nitrogen and oxygen atoms in total. The number of thiophene rings is 1. The van der Waals surface area contributed by atoms with Gasteiger partial charge < -0.3 is 4.90 Å². The van der Waals surface area contributed by atoms with Gasteiger partial charge in [-0.15, -0.1) is 11.3 Å². The predicted molar refractivity (Wildman–Crippen MR) is 132 cm³/mol. The van der Waals surface area contributed by atoms with E-state index < -0.39 is 10.1 Å². The average Bonchev–Trinajstić information content (AvgIpc) is 3.41. The van der Waals surface area contributed by atoms with E-state index in [4.69, 9.17) is 15.8 Å². The van der Waals surface area contributed by atoms with Gasteiger partial charge in [0.15, 0.2) is 0 Å². The number of rotatable bonds is 5. The van der Waals surface area contributed by atoms with Crippen molar-refractivity contribution in [2.24, 2.45) is 0 Å². The second-order valence-electron chi connectivity index (χ2n) is 7.92. The van der Waals surface area contributed by atoms with Gasteiger partial charge in [0.1, 0.15) is 10.5 Å². The molecule has 0 saturated carbocycles. The number of hydrogen-bond donors (Lipinski definition) is 0. The van der Waals surface area contributed by atoms with Crippen LogP contribution < -0.4 is 10.5 Å². The molecule has 0 amide bonds. The fraction of sp³-hybridized carbons (Fsp3) is 0.217. The molecule has 0 N–H and O–H groups in total. The van der Waals surface area contributed by atoms with Crippen LogP contribution in [0, 0.1) is 0 Å². The smallest absolute Gasteiger partial charge is 0.273 e. The van der Waals surface area contributed by atoms with E-state index in [1.54, 1.807) is 17.0 Å². The first-order chi connectivity index (χ1) is 15.8. The average molecular weight is 502 g/mol. The summed E-state index contributed by atoms with van der Waals surface area (Å²) in [6.07, 6.45) is 4.71. The predicted octanol–water partition coefficient (Wildman–Crippen LogP) is 4.32. The zero-order chi connectivity index (χ0) is 23.2. The highest BCUT2D eigenvalue weighted by Gasteiger charge is 2.27. The summed E-state index contributed by atoms with van der Waals surface area (Å²) in [4.78, 5) is 20.7. The molecule has 4 heterocycles. The number of anilines is 1. The third-order valence-electron chi connectivity index (χ3n) is 5.50. The molecule has 1 atom stereocenters. The SMILES string of the molecule is CS(=O)(=O)OC1CCN(c2ccc(-n3ccc4cc(-c5ccc(Cl)cc5)sc4c3=O)cn2)C1. The molecule has 5 rings (SSSR count). The van der Waals surface area contributed by atoms with E-state index in [9.17, 15) is 13.2 Å². The van der Waals surface area contributed by atoms with Crippen LogP contribution in [-0.2, 0) is 14.3 Å². The maximum absolute atomic E-state index is 13.2. The van der Waals surface area contributed by atoms with Crippen molar-refractivity contribution in [2.45, 2.75) is 12.5 Å². The molecule has 1 saturated heterocycles. The number of nitrogens with zero attached hydrogens (tertiary/aromatic N) is 3. The summed E-state index contributed by atoms with van der Waals surface area (Å²) in [5, 5.41) is 1.57. The van der Waals surface area contributed by atoms with Crippen molar-refractivity contribution < 1.29 is 12.6 Å². The lowest BCUT2D eigenvalue weighted by atomic mass is 10.2. The minimum absolute atomic E-state index is 0.102. The van der Waals surface area contributed by atoms with E-state index in [1.807, 2.05) is 53.4 Å².